The van der Waals surface area contributed by atoms with Gasteiger partial charge < -0.3 is 10.0 Å². The first-order valence-electron chi connectivity index (χ1n) is 6.15. The van der Waals surface area contributed by atoms with Crippen molar-refractivity contribution in [2.75, 3.05) is 32.7 Å². The number of hydrogen-bond donors (Lipinski definition) is 1. The van der Waals surface area contributed by atoms with Gasteiger partial charge in [0, 0.05) is 45.1 Å². The average molecular weight is 264 g/mol. The van der Waals surface area contributed by atoms with Crippen molar-refractivity contribution in [3.8, 4) is 0 Å². The van der Waals surface area contributed by atoms with Crippen LogP contribution >= 0.6 is 0 Å². The third-order valence-corrected chi connectivity index (χ3v) is 3.11. The third-order valence-electron chi connectivity index (χ3n) is 3.11. The van der Waals surface area contributed by atoms with Crippen LogP contribution in [0, 0.1) is 0 Å². The molecule has 1 saturated heterocycles. The van der Waals surface area contributed by atoms with Gasteiger partial charge in [-0.05, 0) is 0 Å². The van der Waals surface area contributed by atoms with Crippen LogP contribution < -0.4 is 0 Å². The van der Waals surface area contributed by atoms with Crippen molar-refractivity contribution in [2.45, 2.75) is 6.42 Å². The lowest BCUT2D eigenvalue weighted by Crippen LogP contribution is -2.49. The minimum Gasteiger partial charge on any atom is -0.481 e. The van der Waals surface area contributed by atoms with E-state index in [1.165, 1.54) is 18.7 Å². The number of carbonyl (C=O) groups excluding carboxylic acids is 1. The Balaban J connectivity index is 1.83. The number of aliphatic carboxylic acids is 1. The summed E-state index contributed by atoms with van der Waals surface area (Å²) in [6.07, 6.45) is 4.54. The topological polar surface area (TPSA) is 86.6 Å². The van der Waals surface area contributed by atoms with Crippen LogP contribution in [0.1, 0.15) is 16.8 Å². The van der Waals surface area contributed by atoms with Crippen LogP contribution in [0.5, 0.6) is 0 Å². The van der Waals surface area contributed by atoms with Crippen molar-refractivity contribution in [3.05, 3.63) is 24.3 Å². The lowest BCUT2D eigenvalue weighted by atomic mass is 10.2. The molecule has 102 valence electrons. The van der Waals surface area contributed by atoms with E-state index in [4.69, 9.17) is 5.11 Å². The van der Waals surface area contributed by atoms with Gasteiger partial charge in [0.05, 0.1) is 12.0 Å². The Labute approximate surface area is 110 Å². The molecular formula is C12H16N4O3. The van der Waals surface area contributed by atoms with Gasteiger partial charge in [0.1, 0.15) is 6.33 Å². The number of nitrogens with zero attached hydrogens (tertiary/aromatic N) is 4. The highest BCUT2D eigenvalue weighted by atomic mass is 16.4. The standard InChI is InChI=1S/C12H16N4O3/c17-11(18)1-2-15-3-5-16(6-4-15)12(19)10-7-13-9-14-8-10/h7-9H,1-6H2,(H,17,18). The predicted octanol–water partition coefficient (Wildman–Crippen LogP) is -0.291. The number of piperazine rings is 1. The molecule has 0 aliphatic carbocycles. The highest BCUT2D eigenvalue weighted by Crippen LogP contribution is 2.07. The highest BCUT2D eigenvalue weighted by molar-refractivity contribution is 5.93. The minimum atomic E-state index is -0.792. The van der Waals surface area contributed by atoms with Crippen molar-refractivity contribution in [3.63, 3.8) is 0 Å². The molecule has 0 saturated carbocycles. The second-order valence-corrected chi connectivity index (χ2v) is 4.40. The molecule has 0 radical (unpaired) electrons. The molecule has 0 unspecified atom stereocenters. The summed E-state index contributed by atoms with van der Waals surface area (Å²) in [5.74, 6) is -0.863. The summed E-state index contributed by atoms with van der Waals surface area (Å²) in [6, 6.07) is 0. The van der Waals surface area contributed by atoms with Gasteiger partial charge in [-0.15, -0.1) is 0 Å². The average Bonchev–Trinajstić information content (AvgIpc) is 2.46. The Bertz CT molecular complexity index is 444. The molecule has 2 heterocycles. The Hall–Kier alpha value is -2.02. The van der Waals surface area contributed by atoms with Crippen LogP contribution in [-0.4, -0.2) is 69.5 Å². The van der Waals surface area contributed by atoms with Crippen molar-refractivity contribution < 1.29 is 14.7 Å². The van der Waals surface area contributed by atoms with Crippen LogP contribution in [-0.2, 0) is 4.79 Å². The van der Waals surface area contributed by atoms with E-state index in [9.17, 15) is 9.59 Å². The van der Waals surface area contributed by atoms with E-state index in [0.717, 1.165) is 0 Å². The molecule has 1 N–H and O–H groups in total. The SMILES string of the molecule is O=C(O)CCN1CCN(C(=O)c2cncnc2)CC1. The number of carboxylic acids is 1. The Morgan fingerprint density at radius 3 is 2.37 bits per heavy atom. The molecule has 1 amide bonds. The van der Waals surface area contributed by atoms with Crippen molar-refractivity contribution in [1.82, 2.24) is 19.8 Å². The maximum Gasteiger partial charge on any atom is 0.304 e. The van der Waals surface area contributed by atoms with Crippen LogP contribution in [0.3, 0.4) is 0 Å². The van der Waals surface area contributed by atoms with Crippen LogP contribution in [0.2, 0.25) is 0 Å². The van der Waals surface area contributed by atoms with Gasteiger partial charge in [-0.2, -0.15) is 0 Å². The van der Waals surface area contributed by atoms with Gasteiger partial charge in [0.2, 0.25) is 0 Å². The van der Waals surface area contributed by atoms with Gasteiger partial charge in [0.15, 0.2) is 0 Å². The van der Waals surface area contributed by atoms with E-state index in [1.54, 1.807) is 4.90 Å². The lowest BCUT2D eigenvalue weighted by molar-refractivity contribution is -0.137. The number of carboxylic acid groups (broad SMARTS) is 1. The summed E-state index contributed by atoms with van der Waals surface area (Å²) < 4.78 is 0. The molecule has 1 aliphatic rings. The number of hydrogen-bond acceptors (Lipinski definition) is 5. The molecule has 1 fully saturated rings. The second-order valence-electron chi connectivity index (χ2n) is 4.40. The number of amides is 1. The van der Waals surface area contributed by atoms with Gasteiger partial charge in [0.25, 0.3) is 5.91 Å². The molecule has 7 nitrogen and oxygen atoms in total. The maximum absolute atomic E-state index is 12.1. The van der Waals surface area contributed by atoms with Crippen LogP contribution in [0.15, 0.2) is 18.7 Å². The molecule has 0 aromatic carbocycles. The zero-order valence-corrected chi connectivity index (χ0v) is 10.5. The molecule has 7 heteroatoms. The Kier molecular flexibility index (Phi) is 4.40. The zero-order chi connectivity index (χ0) is 13.7. The quantitative estimate of drug-likeness (QED) is 0.804. The van der Waals surface area contributed by atoms with Gasteiger partial charge in [-0.3, -0.25) is 14.5 Å². The molecule has 1 aromatic rings. The summed E-state index contributed by atoms with van der Waals surface area (Å²) in [5, 5.41) is 8.63. The van der Waals surface area contributed by atoms with Gasteiger partial charge in [-0.1, -0.05) is 0 Å². The van der Waals surface area contributed by atoms with Crippen molar-refractivity contribution in [1.29, 1.82) is 0 Å². The first-order chi connectivity index (χ1) is 9.16. The third kappa shape index (κ3) is 3.72. The Morgan fingerprint density at radius 2 is 1.79 bits per heavy atom. The molecular weight excluding hydrogens is 248 g/mol. The zero-order valence-electron chi connectivity index (χ0n) is 10.5. The van der Waals surface area contributed by atoms with E-state index in [0.29, 0.717) is 38.3 Å². The molecule has 1 aromatic heterocycles. The minimum absolute atomic E-state index is 0.0708. The fraction of sp³-hybridized carbons (Fsp3) is 0.500. The summed E-state index contributed by atoms with van der Waals surface area (Å²) in [6.45, 7) is 3.14. The highest BCUT2D eigenvalue weighted by Gasteiger charge is 2.22. The molecule has 1 aliphatic heterocycles. The summed E-state index contributed by atoms with van der Waals surface area (Å²) >= 11 is 0. The van der Waals surface area contributed by atoms with E-state index >= 15 is 0 Å². The van der Waals surface area contributed by atoms with E-state index in [1.807, 2.05) is 0 Å². The van der Waals surface area contributed by atoms with E-state index in [-0.39, 0.29) is 12.3 Å². The first-order valence-corrected chi connectivity index (χ1v) is 6.15. The summed E-state index contributed by atoms with van der Waals surface area (Å²) in [4.78, 5) is 34.1. The van der Waals surface area contributed by atoms with E-state index in [2.05, 4.69) is 14.9 Å². The predicted molar refractivity (Wildman–Crippen MR) is 66.6 cm³/mol. The number of carbonyl (C=O) groups is 2. The molecule has 0 atom stereocenters. The number of rotatable bonds is 4. The van der Waals surface area contributed by atoms with Crippen LogP contribution in [0.4, 0.5) is 0 Å². The fourth-order valence-electron chi connectivity index (χ4n) is 2.02. The molecule has 0 spiro atoms. The monoisotopic (exact) mass is 264 g/mol. The maximum atomic E-state index is 12.1. The summed E-state index contributed by atoms with van der Waals surface area (Å²) in [7, 11) is 0. The van der Waals surface area contributed by atoms with Crippen molar-refractivity contribution in [2.24, 2.45) is 0 Å². The Morgan fingerprint density at radius 1 is 1.16 bits per heavy atom. The van der Waals surface area contributed by atoms with Gasteiger partial charge in [-0.25, -0.2) is 9.97 Å². The second kappa shape index (κ2) is 6.24. The largest absolute Gasteiger partial charge is 0.481 e. The van der Waals surface area contributed by atoms with E-state index < -0.39 is 5.97 Å². The molecule has 0 bridgehead atoms. The summed E-state index contributed by atoms with van der Waals surface area (Å²) in [5.41, 5.74) is 0.487. The molecule has 19 heavy (non-hydrogen) atoms. The lowest BCUT2D eigenvalue weighted by Gasteiger charge is -2.34. The molecule has 2 rings (SSSR count). The van der Waals surface area contributed by atoms with Crippen molar-refractivity contribution >= 4 is 11.9 Å². The normalized spacial score (nSPS) is 16.3. The van der Waals surface area contributed by atoms with Gasteiger partial charge >= 0.3 is 5.97 Å². The number of aromatic nitrogens is 2. The first kappa shape index (κ1) is 13.4. The smallest absolute Gasteiger partial charge is 0.304 e. The fourth-order valence-corrected chi connectivity index (χ4v) is 2.02. The van der Waals surface area contributed by atoms with Crippen LogP contribution in [0.25, 0.3) is 0 Å².